The lowest BCUT2D eigenvalue weighted by Gasteiger charge is -2.26. The molecule has 2 aliphatic rings. The molecule has 2 N–H and O–H groups in total. The fourth-order valence-corrected chi connectivity index (χ4v) is 3.50. The third-order valence-electron chi connectivity index (χ3n) is 5.37. The van der Waals surface area contributed by atoms with E-state index in [9.17, 15) is 24.0 Å². The van der Waals surface area contributed by atoms with Crippen molar-refractivity contribution in [3.63, 3.8) is 0 Å². The van der Waals surface area contributed by atoms with Crippen LogP contribution in [0, 0.1) is 23.1 Å². The van der Waals surface area contributed by atoms with Gasteiger partial charge in [-0.25, -0.2) is 9.18 Å². The van der Waals surface area contributed by atoms with Crippen LogP contribution in [0.3, 0.4) is 0 Å². The molecular weight excluding hydrogens is 351 g/mol. The molecule has 1 aromatic carbocycles. The summed E-state index contributed by atoms with van der Waals surface area (Å²) in [6, 6.07) is 6.74. The molecule has 0 radical (unpaired) electrons. The molecule has 27 heavy (non-hydrogen) atoms. The lowest BCUT2D eigenvalue weighted by atomic mass is 9.87. The second kappa shape index (κ2) is 6.65. The van der Waals surface area contributed by atoms with Crippen molar-refractivity contribution in [2.24, 2.45) is 5.92 Å². The van der Waals surface area contributed by atoms with Gasteiger partial charge in [-0.05, 0) is 49.8 Å². The van der Waals surface area contributed by atoms with Crippen LogP contribution < -0.4 is 10.6 Å². The molecule has 4 amide bonds. The van der Waals surface area contributed by atoms with Gasteiger partial charge in [0.25, 0.3) is 5.91 Å². The molecule has 1 aliphatic carbocycles. The van der Waals surface area contributed by atoms with Crippen LogP contribution in [0.1, 0.15) is 38.7 Å². The number of nitrogens with one attached hydrogen (secondary N) is 2. The van der Waals surface area contributed by atoms with Crippen molar-refractivity contribution >= 4 is 17.8 Å². The lowest BCUT2D eigenvalue weighted by Crippen LogP contribution is -2.51. The Kier molecular flexibility index (Phi) is 4.64. The number of hydrogen-bond acceptors (Lipinski definition) is 4. The average Bonchev–Trinajstić information content (AvgIpc) is 3.47. The van der Waals surface area contributed by atoms with Crippen molar-refractivity contribution in [3.05, 3.63) is 35.6 Å². The maximum atomic E-state index is 13.2. The minimum absolute atomic E-state index is 0.0866. The Morgan fingerprint density at radius 1 is 1.41 bits per heavy atom. The van der Waals surface area contributed by atoms with E-state index in [2.05, 4.69) is 16.7 Å². The first-order chi connectivity index (χ1) is 12.8. The van der Waals surface area contributed by atoms with E-state index in [1.54, 1.807) is 13.8 Å². The lowest BCUT2D eigenvalue weighted by molar-refractivity contribution is -0.135. The van der Waals surface area contributed by atoms with E-state index >= 15 is 0 Å². The van der Waals surface area contributed by atoms with E-state index in [0.29, 0.717) is 5.56 Å². The maximum Gasteiger partial charge on any atom is 0.325 e. The fourth-order valence-electron chi connectivity index (χ4n) is 3.50. The number of carbonyl (C=O) groups is 3. The Labute approximate surface area is 156 Å². The van der Waals surface area contributed by atoms with E-state index in [1.165, 1.54) is 24.3 Å². The summed E-state index contributed by atoms with van der Waals surface area (Å²) >= 11 is 0. The summed E-state index contributed by atoms with van der Waals surface area (Å²) in [5, 5.41) is 14.6. The van der Waals surface area contributed by atoms with Crippen molar-refractivity contribution in [2.75, 3.05) is 6.54 Å². The maximum absolute atomic E-state index is 13.2. The molecule has 7 nitrogen and oxygen atoms in total. The number of nitriles is 1. The smallest absolute Gasteiger partial charge is 0.325 e. The highest BCUT2D eigenvalue weighted by atomic mass is 19.1. The third kappa shape index (κ3) is 3.25. The summed E-state index contributed by atoms with van der Waals surface area (Å²) in [5.74, 6) is -1.50. The molecular formula is C19H21FN4O3. The number of hydrogen-bond donors (Lipinski definition) is 2. The molecule has 1 saturated heterocycles. The molecule has 1 aromatic rings. The molecule has 0 bridgehead atoms. The topological polar surface area (TPSA) is 102 Å². The van der Waals surface area contributed by atoms with Gasteiger partial charge in [0.1, 0.15) is 23.4 Å². The Morgan fingerprint density at radius 2 is 2.04 bits per heavy atom. The number of carbonyl (C=O) groups excluding carboxylic acids is 3. The third-order valence-corrected chi connectivity index (χ3v) is 5.37. The molecule has 1 aliphatic heterocycles. The van der Waals surface area contributed by atoms with E-state index < -0.39 is 41.3 Å². The van der Waals surface area contributed by atoms with Gasteiger partial charge in [-0.3, -0.25) is 14.5 Å². The van der Waals surface area contributed by atoms with Gasteiger partial charge in [0.05, 0.1) is 6.07 Å². The summed E-state index contributed by atoms with van der Waals surface area (Å²) in [5.41, 5.74) is -1.89. The van der Waals surface area contributed by atoms with Crippen LogP contribution in [0.2, 0.25) is 0 Å². The van der Waals surface area contributed by atoms with Crippen LogP contribution in [0.15, 0.2) is 24.3 Å². The quantitative estimate of drug-likeness (QED) is 0.743. The second-order valence-corrected chi connectivity index (χ2v) is 7.22. The molecule has 142 valence electrons. The Balaban J connectivity index is 1.78. The molecule has 2 atom stereocenters. The normalized spacial score (nSPS) is 24.1. The Hall–Kier alpha value is -2.95. The van der Waals surface area contributed by atoms with Crippen LogP contribution in [0.4, 0.5) is 9.18 Å². The predicted octanol–water partition coefficient (Wildman–Crippen LogP) is 1.79. The van der Waals surface area contributed by atoms with Gasteiger partial charge in [-0.1, -0.05) is 19.1 Å². The molecule has 2 fully saturated rings. The van der Waals surface area contributed by atoms with Crippen LogP contribution in [-0.4, -0.2) is 34.8 Å². The van der Waals surface area contributed by atoms with Crippen molar-refractivity contribution in [2.45, 2.75) is 44.2 Å². The zero-order valence-electron chi connectivity index (χ0n) is 15.2. The number of amides is 4. The zero-order valence-corrected chi connectivity index (χ0v) is 15.2. The minimum atomic E-state index is -1.33. The molecule has 3 rings (SSSR count). The van der Waals surface area contributed by atoms with Gasteiger partial charge in [-0.2, -0.15) is 5.26 Å². The number of urea groups is 1. The first-order valence-corrected chi connectivity index (χ1v) is 8.88. The van der Waals surface area contributed by atoms with E-state index in [1.807, 2.05) is 0 Å². The largest absolute Gasteiger partial charge is 0.336 e. The standard InChI is InChI=1S/C19H21FN4O3/c1-3-19(13-6-8-14(20)9-7-13)16(26)24(17(27)23-19)10-15(25)22-18(2,11-21)12-4-5-12/h6-9,12H,3-5,10H2,1-2H3,(H,22,25)(H,23,27). The van der Waals surface area contributed by atoms with Crippen LogP contribution >= 0.6 is 0 Å². The van der Waals surface area contributed by atoms with Gasteiger partial charge >= 0.3 is 6.03 Å². The molecule has 1 saturated carbocycles. The van der Waals surface area contributed by atoms with E-state index in [4.69, 9.17) is 0 Å². The second-order valence-electron chi connectivity index (χ2n) is 7.22. The molecule has 1 heterocycles. The number of imide groups is 1. The fraction of sp³-hybridized carbons (Fsp3) is 0.474. The highest BCUT2D eigenvalue weighted by Gasteiger charge is 2.52. The number of halogens is 1. The van der Waals surface area contributed by atoms with Crippen molar-refractivity contribution in [3.8, 4) is 6.07 Å². The predicted molar refractivity (Wildman–Crippen MR) is 93.5 cm³/mol. The van der Waals surface area contributed by atoms with Crippen molar-refractivity contribution in [1.82, 2.24) is 15.5 Å². The Morgan fingerprint density at radius 3 is 2.56 bits per heavy atom. The van der Waals surface area contributed by atoms with Gasteiger partial charge < -0.3 is 10.6 Å². The highest BCUT2D eigenvalue weighted by molar-refractivity contribution is 6.09. The highest BCUT2D eigenvalue weighted by Crippen LogP contribution is 2.39. The van der Waals surface area contributed by atoms with E-state index in [0.717, 1.165) is 17.7 Å². The zero-order chi connectivity index (χ0) is 19.8. The summed E-state index contributed by atoms with van der Waals surface area (Å²) in [4.78, 5) is 38.6. The number of benzene rings is 1. The molecule has 0 aromatic heterocycles. The van der Waals surface area contributed by atoms with Crippen molar-refractivity contribution in [1.29, 1.82) is 5.26 Å². The van der Waals surface area contributed by atoms with Crippen LogP contribution in [0.5, 0.6) is 0 Å². The average molecular weight is 372 g/mol. The Bertz CT molecular complexity index is 830. The summed E-state index contributed by atoms with van der Waals surface area (Å²) < 4.78 is 13.2. The first-order valence-electron chi connectivity index (χ1n) is 8.88. The number of rotatable bonds is 6. The first kappa shape index (κ1) is 18.8. The van der Waals surface area contributed by atoms with Crippen LogP contribution in [0.25, 0.3) is 0 Å². The summed E-state index contributed by atoms with van der Waals surface area (Å²) in [7, 11) is 0. The number of nitrogens with zero attached hydrogens (tertiary/aromatic N) is 2. The minimum Gasteiger partial charge on any atom is -0.336 e. The van der Waals surface area contributed by atoms with E-state index in [-0.39, 0.29) is 12.3 Å². The monoisotopic (exact) mass is 372 g/mol. The SMILES string of the molecule is CCC1(c2ccc(F)cc2)NC(=O)N(CC(=O)NC(C)(C#N)C2CC2)C1=O. The molecule has 0 spiro atoms. The van der Waals surface area contributed by atoms with Gasteiger partial charge in [0.15, 0.2) is 0 Å². The molecule has 2 unspecified atom stereocenters. The van der Waals surface area contributed by atoms with Crippen molar-refractivity contribution < 1.29 is 18.8 Å². The molecule has 8 heteroatoms. The van der Waals surface area contributed by atoms with Gasteiger partial charge in [0.2, 0.25) is 5.91 Å². The van der Waals surface area contributed by atoms with Gasteiger partial charge in [0, 0.05) is 0 Å². The van der Waals surface area contributed by atoms with Crippen LogP contribution in [-0.2, 0) is 15.1 Å². The summed E-state index contributed by atoms with van der Waals surface area (Å²) in [6.07, 6.45) is 1.97. The summed E-state index contributed by atoms with van der Waals surface area (Å²) in [6.45, 7) is 2.89. The van der Waals surface area contributed by atoms with Gasteiger partial charge in [-0.15, -0.1) is 0 Å².